The van der Waals surface area contributed by atoms with Crippen molar-refractivity contribution >= 4 is 11.6 Å². The van der Waals surface area contributed by atoms with Crippen molar-refractivity contribution in [3.05, 3.63) is 65.2 Å². The van der Waals surface area contributed by atoms with Gasteiger partial charge in [-0.25, -0.2) is 0 Å². The van der Waals surface area contributed by atoms with E-state index >= 15 is 0 Å². The average molecular weight is 340 g/mol. The lowest BCUT2D eigenvalue weighted by atomic mass is 10.1. The normalized spacial score (nSPS) is 10.5. The third-order valence-corrected chi connectivity index (χ3v) is 4.03. The van der Waals surface area contributed by atoms with E-state index in [0.29, 0.717) is 31.9 Å². The molecule has 0 aliphatic rings. The van der Waals surface area contributed by atoms with Gasteiger partial charge >= 0.3 is 0 Å². The van der Waals surface area contributed by atoms with Crippen LogP contribution in [0.3, 0.4) is 0 Å². The molecule has 0 spiro atoms. The standard InChI is InChI=1S/C21H28N2O2/c1-3-18-10-5-6-12-20(18)23-16-17-9-7-11-19(15-17)21(24)22-13-8-14-25-4-2/h5-7,9-12,15,23H,3-4,8,13-14,16H2,1-2H3,(H,22,24). The van der Waals surface area contributed by atoms with Crippen molar-refractivity contribution in [1.29, 1.82) is 0 Å². The second-order valence-corrected chi connectivity index (χ2v) is 5.87. The second-order valence-electron chi connectivity index (χ2n) is 5.87. The van der Waals surface area contributed by atoms with E-state index in [1.165, 1.54) is 5.56 Å². The maximum absolute atomic E-state index is 12.2. The summed E-state index contributed by atoms with van der Waals surface area (Å²) in [6.07, 6.45) is 1.82. The van der Waals surface area contributed by atoms with Gasteiger partial charge in [0.2, 0.25) is 0 Å². The predicted molar refractivity (Wildman–Crippen MR) is 103 cm³/mol. The minimum atomic E-state index is -0.0349. The molecule has 0 fully saturated rings. The summed E-state index contributed by atoms with van der Waals surface area (Å²) in [5.41, 5.74) is 4.23. The third kappa shape index (κ3) is 6.24. The van der Waals surface area contributed by atoms with E-state index in [4.69, 9.17) is 4.74 Å². The fraction of sp³-hybridized carbons (Fsp3) is 0.381. The van der Waals surface area contributed by atoms with Gasteiger partial charge in [0.15, 0.2) is 0 Å². The Kier molecular flexibility index (Phi) is 7.99. The van der Waals surface area contributed by atoms with Gasteiger partial charge in [-0.2, -0.15) is 0 Å². The van der Waals surface area contributed by atoms with Crippen molar-refractivity contribution in [3.63, 3.8) is 0 Å². The highest BCUT2D eigenvalue weighted by Gasteiger charge is 2.06. The summed E-state index contributed by atoms with van der Waals surface area (Å²) in [5, 5.41) is 6.40. The van der Waals surface area contributed by atoms with E-state index in [-0.39, 0.29) is 5.91 Å². The van der Waals surface area contributed by atoms with E-state index in [1.807, 2.05) is 37.3 Å². The quantitative estimate of drug-likeness (QED) is 0.642. The molecular formula is C21H28N2O2. The van der Waals surface area contributed by atoms with Crippen LogP contribution >= 0.6 is 0 Å². The number of hydrogen-bond acceptors (Lipinski definition) is 3. The Morgan fingerprint density at radius 2 is 1.92 bits per heavy atom. The van der Waals surface area contributed by atoms with E-state index in [9.17, 15) is 4.79 Å². The molecule has 2 N–H and O–H groups in total. The van der Waals surface area contributed by atoms with Crippen molar-refractivity contribution in [1.82, 2.24) is 5.32 Å². The molecule has 0 radical (unpaired) electrons. The predicted octanol–water partition coefficient (Wildman–Crippen LogP) is 4.02. The van der Waals surface area contributed by atoms with Crippen molar-refractivity contribution in [2.45, 2.75) is 33.2 Å². The van der Waals surface area contributed by atoms with Crippen LogP contribution in [-0.2, 0) is 17.7 Å². The Morgan fingerprint density at radius 1 is 1.08 bits per heavy atom. The zero-order chi connectivity index (χ0) is 17.9. The number of carbonyl (C=O) groups excluding carboxylic acids is 1. The summed E-state index contributed by atoms with van der Waals surface area (Å²) < 4.78 is 5.27. The van der Waals surface area contributed by atoms with Gasteiger partial charge in [-0.15, -0.1) is 0 Å². The number of carbonyl (C=O) groups is 1. The largest absolute Gasteiger partial charge is 0.382 e. The molecule has 0 unspecified atom stereocenters. The number of aryl methyl sites for hydroxylation is 1. The highest BCUT2D eigenvalue weighted by Crippen LogP contribution is 2.17. The molecule has 0 bridgehead atoms. The first-order valence-corrected chi connectivity index (χ1v) is 9.01. The molecular weight excluding hydrogens is 312 g/mol. The van der Waals surface area contributed by atoms with Gasteiger partial charge in [-0.1, -0.05) is 37.3 Å². The molecule has 2 aromatic carbocycles. The molecule has 2 rings (SSSR count). The van der Waals surface area contributed by atoms with Gasteiger partial charge in [0.1, 0.15) is 0 Å². The van der Waals surface area contributed by atoms with E-state index in [0.717, 1.165) is 24.1 Å². The number of amides is 1. The number of hydrogen-bond donors (Lipinski definition) is 2. The maximum atomic E-state index is 12.2. The Labute approximate surface area is 150 Å². The minimum absolute atomic E-state index is 0.0349. The molecule has 0 heterocycles. The molecule has 25 heavy (non-hydrogen) atoms. The van der Waals surface area contributed by atoms with E-state index in [1.54, 1.807) is 0 Å². The maximum Gasteiger partial charge on any atom is 0.251 e. The second kappa shape index (κ2) is 10.5. The number of para-hydroxylation sites is 1. The fourth-order valence-corrected chi connectivity index (χ4v) is 2.64. The molecule has 4 nitrogen and oxygen atoms in total. The third-order valence-electron chi connectivity index (χ3n) is 4.03. The molecule has 0 atom stereocenters. The number of anilines is 1. The van der Waals surface area contributed by atoms with Gasteiger partial charge in [0.25, 0.3) is 5.91 Å². The summed E-state index contributed by atoms with van der Waals surface area (Å²) in [6.45, 7) is 6.84. The monoisotopic (exact) mass is 340 g/mol. The topological polar surface area (TPSA) is 50.4 Å². The summed E-state index contributed by atoms with van der Waals surface area (Å²) in [6, 6.07) is 16.1. The van der Waals surface area contributed by atoms with Crippen LogP contribution in [-0.4, -0.2) is 25.7 Å². The number of ether oxygens (including phenoxy) is 1. The molecule has 0 saturated heterocycles. The number of benzene rings is 2. The van der Waals surface area contributed by atoms with Crippen molar-refractivity contribution in [2.75, 3.05) is 25.1 Å². The van der Waals surface area contributed by atoms with Gasteiger partial charge in [0.05, 0.1) is 0 Å². The Hall–Kier alpha value is -2.33. The van der Waals surface area contributed by atoms with Gasteiger partial charge in [-0.05, 0) is 49.1 Å². The van der Waals surface area contributed by atoms with Crippen molar-refractivity contribution < 1.29 is 9.53 Å². The summed E-state index contributed by atoms with van der Waals surface area (Å²) in [5.74, 6) is -0.0349. The first-order chi connectivity index (χ1) is 12.2. The molecule has 0 saturated carbocycles. The SMILES string of the molecule is CCOCCCNC(=O)c1cccc(CNc2ccccc2CC)c1. The lowest BCUT2D eigenvalue weighted by Gasteiger charge is -2.12. The highest BCUT2D eigenvalue weighted by molar-refractivity contribution is 5.94. The number of nitrogens with one attached hydrogen (secondary N) is 2. The lowest BCUT2D eigenvalue weighted by Crippen LogP contribution is -2.25. The van der Waals surface area contributed by atoms with Crippen LogP contribution in [0.25, 0.3) is 0 Å². The van der Waals surface area contributed by atoms with Crippen LogP contribution in [0.5, 0.6) is 0 Å². The van der Waals surface area contributed by atoms with Gasteiger partial charge in [-0.3, -0.25) is 4.79 Å². The Bertz CT molecular complexity index is 670. The van der Waals surface area contributed by atoms with E-state index in [2.05, 4.69) is 35.8 Å². The first-order valence-electron chi connectivity index (χ1n) is 9.01. The van der Waals surface area contributed by atoms with Gasteiger partial charge in [0, 0.05) is 37.6 Å². The van der Waals surface area contributed by atoms with Crippen LogP contribution in [0.1, 0.15) is 41.8 Å². The smallest absolute Gasteiger partial charge is 0.251 e. The molecule has 134 valence electrons. The average Bonchev–Trinajstić information content (AvgIpc) is 2.66. The Morgan fingerprint density at radius 3 is 2.72 bits per heavy atom. The highest BCUT2D eigenvalue weighted by atomic mass is 16.5. The lowest BCUT2D eigenvalue weighted by molar-refractivity contribution is 0.0944. The summed E-state index contributed by atoms with van der Waals surface area (Å²) in [4.78, 5) is 12.2. The van der Waals surface area contributed by atoms with Crippen LogP contribution in [0.15, 0.2) is 48.5 Å². The Balaban J connectivity index is 1.89. The van der Waals surface area contributed by atoms with E-state index < -0.39 is 0 Å². The van der Waals surface area contributed by atoms with Crippen LogP contribution < -0.4 is 10.6 Å². The minimum Gasteiger partial charge on any atom is -0.382 e. The molecule has 2 aromatic rings. The molecule has 1 amide bonds. The summed E-state index contributed by atoms with van der Waals surface area (Å²) in [7, 11) is 0. The number of rotatable bonds is 10. The molecule has 4 heteroatoms. The molecule has 0 aromatic heterocycles. The van der Waals surface area contributed by atoms with Crippen LogP contribution in [0, 0.1) is 0 Å². The molecule has 0 aliphatic heterocycles. The van der Waals surface area contributed by atoms with Gasteiger partial charge < -0.3 is 15.4 Å². The van der Waals surface area contributed by atoms with Crippen molar-refractivity contribution in [3.8, 4) is 0 Å². The zero-order valence-corrected chi connectivity index (χ0v) is 15.2. The first kappa shape index (κ1) is 19.0. The molecule has 0 aliphatic carbocycles. The van der Waals surface area contributed by atoms with Crippen LogP contribution in [0.4, 0.5) is 5.69 Å². The fourth-order valence-electron chi connectivity index (χ4n) is 2.64. The zero-order valence-electron chi connectivity index (χ0n) is 15.2. The van der Waals surface area contributed by atoms with Crippen molar-refractivity contribution in [2.24, 2.45) is 0 Å². The van der Waals surface area contributed by atoms with Crippen LogP contribution in [0.2, 0.25) is 0 Å². The summed E-state index contributed by atoms with van der Waals surface area (Å²) >= 11 is 0.